The number of carbonyl (C=O) groups excluding carboxylic acids is 1. The fourth-order valence-corrected chi connectivity index (χ4v) is 5.65. The van der Waals surface area contributed by atoms with Crippen LogP contribution >= 0.6 is 0 Å². The van der Waals surface area contributed by atoms with E-state index in [-0.39, 0.29) is 28.1 Å². The Hall–Kier alpha value is -2.81. The van der Waals surface area contributed by atoms with Crippen molar-refractivity contribution in [1.82, 2.24) is 9.71 Å². The van der Waals surface area contributed by atoms with E-state index in [1.54, 1.807) is 12.1 Å². The van der Waals surface area contributed by atoms with E-state index in [9.17, 15) is 13.2 Å². The summed E-state index contributed by atoms with van der Waals surface area (Å²) in [5.74, 6) is 0.0378. The van der Waals surface area contributed by atoms with Crippen LogP contribution in [0.15, 0.2) is 35.1 Å². The molecule has 10 heteroatoms. The molecule has 33 heavy (non-hydrogen) atoms. The third-order valence-electron chi connectivity index (χ3n) is 6.17. The number of allylic oxidation sites excluding steroid dienone is 2. The summed E-state index contributed by atoms with van der Waals surface area (Å²) in [6.07, 6.45) is 8.92. The van der Waals surface area contributed by atoms with Gasteiger partial charge >= 0.3 is 10.0 Å². The Morgan fingerprint density at radius 3 is 2.76 bits per heavy atom. The summed E-state index contributed by atoms with van der Waals surface area (Å²) in [6, 6.07) is 3.39. The first-order valence-corrected chi connectivity index (χ1v) is 12.7. The molecule has 1 unspecified atom stereocenters. The topological polar surface area (TPSA) is 127 Å². The van der Waals surface area contributed by atoms with Crippen molar-refractivity contribution in [3.63, 3.8) is 0 Å². The van der Waals surface area contributed by atoms with E-state index < -0.39 is 15.9 Å². The molecule has 1 amide bonds. The number of nitrogens with one attached hydrogen (secondary N) is 1. The van der Waals surface area contributed by atoms with Crippen molar-refractivity contribution in [3.05, 3.63) is 47.4 Å². The maximum Gasteiger partial charge on any atom is 0.301 e. The average molecular weight is 473 g/mol. The number of hydrogen-bond donors (Lipinski definition) is 2. The third-order valence-corrected chi connectivity index (χ3v) is 7.40. The van der Waals surface area contributed by atoms with Gasteiger partial charge in [0.2, 0.25) is 0 Å². The first-order chi connectivity index (χ1) is 15.6. The van der Waals surface area contributed by atoms with Crippen LogP contribution in [0.1, 0.15) is 68.6 Å². The molecule has 0 aliphatic carbocycles. The van der Waals surface area contributed by atoms with Crippen molar-refractivity contribution in [2.24, 2.45) is 16.6 Å². The lowest BCUT2D eigenvalue weighted by atomic mass is 9.97. The number of hydrogen-bond acceptors (Lipinski definition) is 8. The van der Waals surface area contributed by atoms with Crippen molar-refractivity contribution < 1.29 is 17.9 Å². The normalized spacial score (nSPS) is 24.6. The minimum Gasteiger partial charge on any atom is -0.372 e. The number of sulfonamides is 1. The number of amides is 1. The highest BCUT2D eigenvalue weighted by Gasteiger charge is 2.40. The first kappa shape index (κ1) is 23.4. The van der Waals surface area contributed by atoms with Crippen LogP contribution in [0.5, 0.6) is 0 Å². The molecular formula is C23H30N5O4S+. The van der Waals surface area contributed by atoms with Gasteiger partial charge in [0.25, 0.3) is 16.8 Å². The van der Waals surface area contributed by atoms with Gasteiger partial charge < -0.3 is 15.4 Å². The van der Waals surface area contributed by atoms with Gasteiger partial charge in [-0.05, 0) is 57.6 Å². The SMILES string of the molecule is C[C@@H]1CN(c2nc(C3CCCCO3)ccc2C(=O)NS(=O)(=O)C2=NC(N)=[C+]C=C2)C(C)(C)C1. The molecule has 0 spiro atoms. The quantitative estimate of drug-likeness (QED) is 0.647. The van der Waals surface area contributed by atoms with Gasteiger partial charge in [-0.1, -0.05) is 6.92 Å². The zero-order valence-electron chi connectivity index (χ0n) is 19.2. The van der Waals surface area contributed by atoms with Crippen LogP contribution in [0.3, 0.4) is 0 Å². The van der Waals surface area contributed by atoms with Crippen molar-refractivity contribution in [2.75, 3.05) is 18.1 Å². The smallest absolute Gasteiger partial charge is 0.301 e. The van der Waals surface area contributed by atoms with Gasteiger partial charge in [-0.3, -0.25) is 4.79 Å². The molecule has 0 bridgehead atoms. The van der Waals surface area contributed by atoms with Crippen LogP contribution in [0.25, 0.3) is 0 Å². The number of ether oxygens (including phenoxy) is 1. The summed E-state index contributed by atoms with van der Waals surface area (Å²) in [5, 5.41) is -0.344. The maximum absolute atomic E-state index is 13.2. The van der Waals surface area contributed by atoms with Gasteiger partial charge in [0.15, 0.2) is 6.08 Å². The van der Waals surface area contributed by atoms with Gasteiger partial charge in [-0.25, -0.2) is 9.71 Å². The molecule has 2 atom stereocenters. The van der Waals surface area contributed by atoms with Crippen molar-refractivity contribution in [3.8, 4) is 0 Å². The van der Waals surface area contributed by atoms with Crippen LogP contribution in [0.4, 0.5) is 5.82 Å². The second-order valence-corrected chi connectivity index (χ2v) is 11.1. The monoisotopic (exact) mass is 472 g/mol. The molecule has 2 saturated heterocycles. The number of aromatic nitrogens is 1. The molecule has 3 aliphatic heterocycles. The van der Waals surface area contributed by atoms with Crippen LogP contribution in [-0.2, 0) is 14.8 Å². The molecule has 176 valence electrons. The Labute approximate surface area is 194 Å². The Kier molecular flexibility index (Phi) is 6.26. The fraction of sp³-hybridized carbons (Fsp3) is 0.522. The van der Waals surface area contributed by atoms with Crippen LogP contribution in [0, 0.1) is 12.0 Å². The molecule has 4 rings (SSSR count). The van der Waals surface area contributed by atoms with Gasteiger partial charge in [0.05, 0.1) is 17.4 Å². The molecule has 4 heterocycles. The zero-order valence-corrected chi connectivity index (χ0v) is 20.0. The largest absolute Gasteiger partial charge is 0.372 e. The molecule has 3 N–H and O–H groups in total. The van der Waals surface area contributed by atoms with E-state index >= 15 is 0 Å². The van der Waals surface area contributed by atoms with Crippen molar-refractivity contribution in [2.45, 2.75) is 58.1 Å². The van der Waals surface area contributed by atoms with Crippen molar-refractivity contribution >= 4 is 26.8 Å². The number of carbonyl (C=O) groups is 1. The summed E-state index contributed by atoms with van der Waals surface area (Å²) in [7, 11) is -4.22. The summed E-state index contributed by atoms with van der Waals surface area (Å²) < 4.78 is 33.6. The third kappa shape index (κ3) is 4.93. The molecule has 0 aromatic carbocycles. The predicted molar refractivity (Wildman–Crippen MR) is 126 cm³/mol. The Morgan fingerprint density at radius 1 is 1.33 bits per heavy atom. The Morgan fingerprint density at radius 2 is 2.12 bits per heavy atom. The van der Waals surface area contributed by atoms with Crippen molar-refractivity contribution in [1.29, 1.82) is 0 Å². The minimum atomic E-state index is -4.22. The van der Waals surface area contributed by atoms with E-state index in [2.05, 4.69) is 41.5 Å². The van der Waals surface area contributed by atoms with Gasteiger partial charge in [0, 0.05) is 18.7 Å². The summed E-state index contributed by atoms with van der Waals surface area (Å²) in [4.78, 5) is 23.9. The van der Waals surface area contributed by atoms with E-state index in [1.165, 1.54) is 12.2 Å². The lowest BCUT2D eigenvalue weighted by Crippen LogP contribution is -2.42. The maximum atomic E-state index is 13.2. The second kappa shape index (κ2) is 8.85. The Balaban J connectivity index is 1.70. The summed E-state index contributed by atoms with van der Waals surface area (Å²) in [6.45, 7) is 7.76. The molecule has 1 aromatic heterocycles. The number of nitrogens with zero attached hydrogens (tertiary/aromatic N) is 3. The lowest BCUT2D eigenvalue weighted by molar-refractivity contribution is 0.0123. The number of aliphatic imine (C=N–C) groups is 1. The molecule has 0 saturated carbocycles. The second-order valence-electron chi connectivity index (χ2n) is 9.44. The summed E-state index contributed by atoms with van der Waals surface area (Å²) in [5.41, 5.74) is 6.27. The lowest BCUT2D eigenvalue weighted by Gasteiger charge is -2.34. The molecular weight excluding hydrogens is 442 g/mol. The predicted octanol–water partition coefficient (Wildman–Crippen LogP) is 2.58. The fourth-order valence-electron chi connectivity index (χ4n) is 4.72. The highest BCUT2D eigenvalue weighted by Crippen LogP contribution is 2.38. The van der Waals surface area contributed by atoms with Gasteiger partial charge in [-0.2, -0.15) is 13.4 Å². The van der Waals surface area contributed by atoms with E-state index in [0.29, 0.717) is 24.9 Å². The van der Waals surface area contributed by atoms with Crippen LogP contribution in [0.2, 0.25) is 0 Å². The molecule has 9 nitrogen and oxygen atoms in total. The summed E-state index contributed by atoms with van der Waals surface area (Å²) >= 11 is 0. The standard InChI is InChI=1S/C23H29N5O4S/c1-15-13-23(2,3)28(14-15)21-16(10-11-17(25-21)18-7-4-5-12-32-18)22(29)27-33(30,31)20-9-6-8-19(24)26-20/h6,9-11,15,18H,4-5,7,12-14H2,1-3H3,(H2-,24,26,27,29)/p+1/t15-,18?/m0/s1. The van der Waals surface area contributed by atoms with Gasteiger partial charge in [-0.15, -0.1) is 0 Å². The minimum absolute atomic E-state index is 0.0719. The zero-order chi connectivity index (χ0) is 23.8. The molecule has 3 aliphatic rings. The number of rotatable bonds is 3. The van der Waals surface area contributed by atoms with Crippen LogP contribution in [-0.4, -0.2) is 43.0 Å². The number of anilines is 1. The van der Waals surface area contributed by atoms with Gasteiger partial charge in [0.1, 0.15) is 18.0 Å². The van der Waals surface area contributed by atoms with E-state index in [4.69, 9.17) is 15.5 Å². The highest BCUT2D eigenvalue weighted by atomic mass is 32.2. The van der Waals surface area contributed by atoms with Crippen LogP contribution < -0.4 is 15.4 Å². The molecule has 2 fully saturated rings. The molecule has 1 aromatic rings. The average Bonchev–Trinajstić information content (AvgIpc) is 3.05. The molecule has 0 radical (unpaired) electrons. The highest BCUT2D eigenvalue weighted by molar-refractivity contribution is 8.05. The number of pyridine rings is 1. The Bertz CT molecular complexity index is 1130. The van der Waals surface area contributed by atoms with E-state index in [1.807, 2.05) is 0 Å². The first-order valence-electron chi connectivity index (χ1n) is 11.2. The van der Waals surface area contributed by atoms with E-state index in [0.717, 1.165) is 31.4 Å². The number of nitrogens with two attached hydrogens (primary N) is 1.